The highest BCUT2D eigenvalue weighted by molar-refractivity contribution is 5.75. The summed E-state index contributed by atoms with van der Waals surface area (Å²) >= 11 is 0. The molecule has 0 spiro atoms. The van der Waals surface area contributed by atoms with E-state index >= 15 is 0 Å². The summed E-state index contributed by atoms with van der Waals surface area (Å²) in [6.07, 6.45) is -2.76. The average Bonchev–Trinajstić information content (AvgIpc) is 2.81. The van der Waals surface area contributed by atoms with Gasteiger partial charge in [-0.2, -0.15) is 13.2 Å². The van der Waals surface area contributed by atoms with Crippen molar-refractivity contribution in [3.8, 4) is 11.5 Å². The predicted octanol–water partition coefficient (Wildman–Crippen LogP) is 3.18. The van der Waals surface area contributed by atoms with E-state index in [1.807, 2.05) is 0 Å². The topological polar surface area (TPSA) is 54.5 Å². The number of rotatable bonds is 1. The maximum Gasteiger partial charge on any atom is 0.417 e. The number of H-pyrrole nitrogens is 1. The molecule has 0 unspecified atom stereocenters. The zero-order valence-electron chi connectivity index (χ0n) is 9.74. The Morgan fingerprint density at radius 2 is 1.85 bits per heavy atom. The molecular formula is C12H6F4N4. The highest BCUT2D eigenvalue weighted by atomic mass is 19.4. The molecule has 3 aromatic heterocycles. The van der Waals surface area contributed by atoms with Crippen molar-refractivity contribution < 1.29 is 17.6 Å². The van der Waals surface area contributed by atoms with Crippen LogP contribution in [0.2, 0.25) is 0 Å². The Kier molecular flexibility index (Phi) is 2.66. The second kappa shape index (κ2) is 4.26. The molecule has 0 bridgehead atoms. The number of halogens is 4. The fourth-order valence-corrected chi connectivity index (χ4v) is 1.69. The van der Waals surface area contributed by atoms with E-state index in [2.05, 4.69) is 19.9 Å². The van der Waals surface area contributed by atoms with Crippen LogP contribution >= 0.6 is 0 Å². The second-order valence-electron chi connectivity index (χ2n) is 4.04. The van der Waals surface area contributed by atoms with Gasteiger partial charge in [-0.25, -0.2) is 19.3 Å². The number of fused-ring (bicyclic) bond motifs is 1. The summed E-state index contributed by atoms with van der Waals surface area (Å²) in [4.78, 5) is 14.1. The van der Waals surface area contributed by atoms with Crippen LogP contribution in [0.25, 0.3) is 22.7 Å². The SMILES string of the molecule is Fc1ccc(-c2nc3ncc(C(F)(F)F)cc3[nH]2)nc1. The monoisotopic (exact) mass is 282 g/mol. The molecular weight excluding hydrogens is 276 g/mol. The third-order valence-electron chi connectivity index (χ3n) is 2.63. The predicted molar refractivity (Wildman–Crippen MR) is 62.1 cm³/mol. The van der Waals surface area contributed by atoms with Gasteiger partial charge >= 0.3 is 6.18 Å². The Bertz CT molecular complexity index is 761. The van der Waals surface area contributed by atoms with E-state index in [-0.39, 0.29) is 17.0 Å². The number of pyridine rings is 2. The highest BCUT2D eigenvalue weighted by Gasteiger charge is 2.31. The lowest BCUT2D eigenvalue weighted by Gasteiger charge is -2.04. The molecule has 0 fully saturated rings. The summed E-state index contributed by atoms with van der Waals surface area (Å²) in [5, 5.41) is 0. The fraction of sp³-hybridized carbons (Fsp3) is 0.0833. The number of hydrogen-bond acceptors (Lipinski definition) is 3. The van der Waals surface area contributed by atoms with Gasteiger partial charge in [0.2, 0.25) is 0 Å². The molecule has 0 amide bonds. The number of nitrogens with one attached hydrogen (secondary N) is 1. The van der Waals surface area contributed by atoms with Crippen molar-refractivity contribution in [2.75, 3.05) is 0 Å². The van der Waals surface area contributed by atoms with Crippen LogP contribution in [0, 0.1) is 5.82 Å². The molecule has 8 heteroatoms. The zero-order valence-corrected chi connectivity index (χ0v) is 9.74. The van der Waals surface area contributed by atoms with Crippen LogP contribution in [-0.4, -0.2) is 19.9 Å². The number of alkyl halides is 3. The summed E-state index contributed by atoms with van der Waals surface area (Å²) in [6.45, 7) is 0. The Morgan fingerprint density at radius 3 is 2.50 bits per heavy atom. The van der Waals surface area contributed by atoms with Crippen molar-refractivity contribution in [1.29, 1.82) is 0 Å². The smallest absolute Gasteiger partial charge is 0.335 e. The first-order chi connectivity index (χ1) is 9.43. The van der Waals surface area contributed by atoms with Gasteiger partial charge in [-0.1, -0.05) is 0 Å². The van der Waals surface area contributed by atoms with Gasteiger partial charge in [-0.3, -0.25) is 0 Å². The van der Waals surface area contributed by atoms with Crippen LogP contribution in [0.4, 0.5) is 17.6 Å². The number of nitrogens with zero attached hydrogens (tertiary/aromatic N) is 3. The second-order valence-corrected chi connectivity index (χ2v) is 4.04. The Hall–Kier alpha value is -2.51. The summed E-state index contributed by atoms with van der Waals surface area (Å²) < 4.78 is 50.4. The zero-order chi connectivity index (χ0) is 14.3. The highest BCUT2D eigenvalue weighted by Crippen LogP contribution is 2.30. The molecule has 3 aromatic rings. The van der Waals surface area contributed by atoms with E-state index in [0.29, 0.717) is 11.9 Å². The minimum absolute atomic E-state index is 0.138. The number of aromatic amines is 1. The minimum Gasteiger partial charge on any atom is -0.335 e. The molecule has 102 valence electrons. The van der Waals surface area contributed by atoms with Crippen molar-refractivity contribution in [2.24, 2.45) is 0 Å². The molecule has 1 N–H and O–H groups in total. The Balaban J connectivity index is 2.09. The number of hydrogen-bond donors (Lipinski definition) is 1. The molecule has 0 aromatic carbocycles. The average molecular weight is 282 g/mol. The first-order valence-electron chi connectivity index (χ1n) is 5.48. The summed E-state index contributed by atoms with van der Waals surface area (Å²) in [5.74, 6) is -0.283. The van der Waals surface area contributed by atoms with Crippen molar-refractivity contribution in [3.05, 3.63) is 42.0 Å². The number of aromatic nitrogens is 4. The van der Waals surface area contributed by atoms with E-state index in [1.54, 1.807) is 0 Å². The van der Waals surface area contributed by atoms with Gasteiger partial charge in [0.25, 0.3) is 0 Å². The molecule has 0 radical (unpaired) electrons. The molecule has 0 saturated carbocycles. The van der Waals surface area contributed by atoms with Crippen LogP contribution in [0.1, 0.15) is 5.56 Å². The summed E-state index contributed by atoms with van der Waals surface area (Å²) in [6, 6.07) is 3.48. The molecule has 0 atom stereocenters. The van der Waals surface area contributed by atoms with Gasteiger partial charge in [0, 0.05) is 6.20 Å². The fourth-order valence-electron chi connectivity index (χ4n) is 1.69. The molecule has 20 heavy (non-hydrogen) atoms. The molecule has 4 nitrogen and oxygen atoms in total. The van der Waals surface area contributed by atoms with Gasteiger partial charge in [-0.05, 0) is 18.2 Å². The van der Waals surface area contributed by atoms with Crippen LogP contribution in [0.15, 0.2) is 30.6 Å². The van der Waals surface area contributed by atoms with Crippen LogP contribution in [0.5, 0.6) is 0 Å². The molecule has 0 aliphatic heterocycles. The lowest BCUT2D eigenvalue weighted by atomic mass is 10.2. The maximum absolute atomic E-state index is 12.8. The third kappa shape index (κ3) is 2.20. The standard InChI is InChI=1S/C12H6F4N4/c13-7-1-2-8(17-5-7)11-19-9-3-6(12(14,15)16)4-18-10(9)20-11/h1-5H,(H,18,19,20). The van der Waals surface area contributed by atoms with Crippen LogP contribution in [0.3, 0.4) is 0 Å². The van der Waals surface area contributed by atoms with E-state index in [1.165, 1.54) is 12.1 Å². The summed E-state index contributed by atoms with van der Waals surface area (Å²) in [5.41, 5.74) is -0.273. The van der Waals surface area contributed by atoms with Crippen molar-refractivity contribution in [3.63, 3.8) is 0 Å². The summed E-state index contributed by atoms with van der Waals surface area (Å²) in [7, 11) is 0. The Labute approximate surface area is 109 Å². The first kappa shape index (κ1) is 12.5. The van der Waals surface area contributed by atoms with Gasteiger partial charge in [-0.15, -0.1) is 0 Å². The molecule has 0 saturated heterocycles. The van der Waals surface area contributed by atoms with Gasteiger partial charge in [0.05, 0.1) is 17.3 Å². The molecule has 0 aliphatic rings. The first-order valence-corrected chi connectivity index (χ1v) is 5.48. The molecule has 3 heterocycles. The van der Waals surface area contributed by atoms with Crippen molar-refractivity contribution >= 4 is 11.2 Å². The third-order valence-corrected chi connectivity index (χ3v) is 2.63. The van der Waals surface area contributed by atoms with E-state index < -0.39 is 17.6 Å². The normalized spacial score (nSPS) is 12.0. The van der Waals surface area contributed by atoms with Gasteiger partial charge in [0.15, 0.2) is 11.5 Å². The minimum atomic E-state index is -4.47. The van der Waals surface area contributed by atoms with E-state index in [0.717, 1.165) is 12.3 Å². The maximum atomic E-state index is 12.8. The largest absolute Gasteiger partial charge is 0.417 e. The van der Waals surface area contributed by atoms with Gasteiger partial charge in [0.1, 0.15) is 11.5 Å². The van der Waals surface area contributed by atoms with Crippen molar-refractivity contribution in [1.82, 2.24) is 19.9 Å². The molecule has 3 rings (SSSR count). The van der Waals surface area contributed by atoms with Gasteiger partial charge < -0.3 is 4.98 Å². The van der Waals surface area contributed by atoms with Crippen molar-refractivity contribution in [2.45, 2.75) is 6.18 Å². The van der Waals surface area contributed by atoms with E-state index in [4.69, 9.17) is 0 Å². The molecule has 0 aliphatic carbocycles. The number of imidazole rings is 1. The Morgan fingerprint density at radius 1 is 1.05 bits per heavy atom. The van der Waals surface area contributed by atoms with Crippen LogP contribution < -0.4 is 0 Å². The lowest BCUT2D eigenvalue weighted by Crippen LogP contribution is -2.05. The van der Waals surface area contributed by atoms with Crippen LogP contribution in [-0.2, 0) is 6.18 Å². The lowest BCUT2D eigenvalue weighted by molar-refractivity contribution is -0.137. The van der Waals surface area contributed by atoms with E-state index in [9.17, 15) is 17.6 Å². The quantitative estimate of drug-likeness (QED) is 0.697.